The van der Waals surface area contributed by atoms with Crippen molar-refractivity contribution in [3.8, 4) is 0 Å². The van der Waals surface area contributed by atoms with Gasteiger partial charge in [-0.25, -0.2) is 0 Å². The summed E-state index contributed by atoms with van der Waals surface area (Å²) >= 11 is 0. The lowest BCUT2D eigenvalue weighted by molar-refractivity contribution is -0.127. The zero-order chi connectivity index (χ0) is 20.5. The van der Waals surface area contributed by atoms with Gasteiger partial charge in [-0.3, -0.25) is 9.59 Å². The van der Waals surface area contributed by atoms with E-state index >= 15 is 0 Å². The molecule has 3 aromatic rings. The molecule has 1 N–H and O–H groups in total. The maximum atomic E-state index is 13.3. The summed E-state index contributed by atoms with van der Waals surface area (Å²) in [5.74, 6) is -0.0481. The van der Waals surface area contributed by atoms with Gasteiger partial charge < -0.3 is 10.2 Å². The van der Waals surface area contributed by atoms with Crippen molar-refractivity contribution in [1.29, 1.82) is 0 Å². The van der Waals surface area contributed by atoms with Crippen LogP contribution in [0.15, 0.2) is 66.7 Å². The third-order valence-corrected chi connectivity index (χ3v) is 6.55. The number of piperidine rings is 1. The number of rotatable bonds is 3. The Morgan fingerprint density at radius 2 is 1.70 bits per heavy atom. The quantitative estimate of drug-likeness (QED) is 0.706. The molecule has 5 rings (SSSR count). The van der Waals surface area contributed by atoms with Crippen LogP contribution in [0.5, 0.6) is 0 Å². The first-order chi connectivity index (χ1) is 14.7. The van der Waals surface area contributed by atoms with Crippen molar-refractivity contribution in [2.45, 2.75) is 31.7 Å². The van der Waals surface area contributed by atoms with E-state index in [-0.39, 0.29) is 23.8 Å². The molecule has 2 amide bonds. The summed E-state index contributed by atoms with van der Waals surface area (Å²) in [6.45, 7) is 1.19. The minimum atomic E-state index is -0.148. The van der Waals surface area contributed by atoms with Crippen LogP contribution >= 0.6 is 0 Å². The second kappa shape index (κ2) is 7.94. The molecule has 1 fully saturated rings. The molecule has 1 aliphatic heterocycles. The largest absolute Gasteiger partial charge is 0.349 e. The van der Waals surface area contributed by atoms with E-state index in [9.17, 15) is 9.59 Å². The van der Waals surface area contributed by atoms with Crippen molar-refractivity contribution < 1.29 is 9.59 Å². The average Bonchev–Trinajstić information content (AvgIpc) is 3.21. The van der Waals surface area contributed by atoms with Crippen LogP contribution in [-0.2, 0) is 11.2 Å². The zero-order valence-electron chi connectivity index (χ0n) is 17.0. The van der Waals surface area contributed by atoms with E-state index in [1.54, 1.807) is 0 Å². The molecule has 1 aliphatic carbocycles. The molecular formula is C26H26N2O2. The lowest BCUT2D eigenvalue weighted by atomic mass is 9.95. The number of likely N-dealkylation sites (tertiary alicyclic amines) is 1. The highest BCUT2D eigenvalue weighted by Crippen LogP contribution is 2.31. The second-order valence-electron chi connectivity index (χ2n) is 8.42. The monoisotopic (exact) mass is 398 g/mol. The molecule has 3 aromatic carbocycles. The Labute approximate surface area is 176 Å². The van der Waals surface area contributed by atoms with Gasteiger partial charge in [-0.1, -0.05) is 60.7 Å². The van der Waals surface area contributed by atoms with E-state index in [2.05, 4.69) is 23.5 Å². The number of hydrogen-bond acceptors (Lipinski definition) is 2. The lowest BCUT2D eigenvalue weighted by Gasteiger charge is -2.33. The van der Waals surface area contributed by atoms with E-state index in [0.29, 0.717) is 13.1 Å². The highest BCUT2D eigenvalue weighted by molar-refractivity contribution is 6.07. The van der Waals surface area contributed by atoms with Gasteiger partial charge in [0.15, 0.2) is 0 Å². The predicted octanol–water partition coefficient (Wildman–Crippen LogP) is 4.50. The fraction of sp³-hybridized carbons (Fsp3) is 0.308. The number of benzene rings is 3. The van der Waals surface area contributed by atoms with Crippen molar-refractivity contribution in [2.75, 3.05) is 13.1 Å². The Morgan fingerprint density at radius 1 is 0.900 bits per heavy atom. The van der Waals surface area contributed by atoms with E-state index in [0.717, 1.165) is 42.0 Å². The Kier molecular flexibility index (Phi) is 4.99. The SMILES string of the molecule is O=C(NC1CCc2ccccc21)C1CCCN(C(=O)c2cccc3ccccc23)C1. The van der Waals surface area contributed by atoms with Gasteiger partial charge in [-0.2, -0.15) is 0 Å². The summed E-state index contributed by atoms with van der Waals surface area (Å²) in [7, 11) is 0. The molecular weight excluding hydrogens is 372 g/mol. The van der Waals surface area contributed by atoms with Crippen LogP contribution in [0, 0.1) is 5.92 Å². The fourth-order valence-corrected chi connectivity index (χ4v) is 4.95. The summed E-state index contributed by atoms with van der Waals surface area (Å²) in [5.41, 5.74) is 3.29. The van der Waals surface area contributed by atoms with Gasteiger partial charge in [0, 0.05) is 18.7 Å². The summed E-state index contributed by atoms with van der Waals surface area (Å²) in [6.07, 6.45) is 3.66. The third-order valence-electron chi connectivity index (χ3n) is 6.55. The van der Waals surface area contributed by atoms with Crippen molar-refractivity contribution >= 4 is 22.6 Å². The first-order valence-electron chi connectivity index (χ1n) is 10.9. The van der Waals surface area contributed by atoms with Crippen LogP contribution in [0.1, 0.15) is 46.8 Å². The number of amides is 2. The van der Waals surface area contributed by atoms with Gasteiger partial charge in [0.1, 0.15) is 0 Å². The molecule has 4 heteroatoms. The van der Waals surface area contributed by atoms with E-state index < -0.39 is 0 Å². The van der Waals surface area contributed by atoms with Crippen molar-refractivity contribution in [3.05, 3.63) is 83.4 Å². The van der Waals surface area contributed by atoms with Crippen LogP contribution in [0.4, 0.5) is 0 Å². The Bertz CT molecular complexity index is 1100. The molecule has 0 bridgehead atoms. The molecule has 0 aromatic heterocycles. The Balaban J connectivity index is 1.30. The number of carbonyl (C=O) groups excluding carboxylic acids is 2. The minimum Gasteiger partial charge on any atom is -0.349 e. The number of hydrogen-bond donors (Lipinski definition) is 1. The predicted molar refractivity (Wildman–Crippen MR) is 118 cm³/mol. The average molecular weight is 399 g/mol. The molecule has 2 unspecified atom stereocenters. The molecule has 2 atom stereocenters. The molecule has 4 nitrogen and oxygen atoms in total. The summed E-state index contributed by atoms with van der Waals surface area (Å²) in [5, 5.41) is 5.29. The molecule has 152 valence electrons. The molecule has 0 saturated carbocycles. The molecule has 1 saturated heterocycles. The zero-order valence-corrected chi connectivity index (χ0v) is 17.0. The van der Waals surface area contributed by atoms with Gasteiger partial charge in [0.2, 0.25) is 5.91 Å². The number of carbonyl (C=O) groups is 2. The number of nitrogens with one attached hydrogen (secondary N) is 1. The van der Waals surface area contributed by atoms with Crippen LogP contribution in [0.3, 0.4) is 0 Å². The van der Waals surface area contributed by atoms with E-state index in [1.807, 2.05) is 53.4 Å². The Morgan fingerprint density at radius 3 is 2.63 bits per heavy atom. The van der Waals surface area contributed by atoms with Crippen LogP contribution < -0.4 is 5.32 Å². The number of nitrogens with zero attached hydrogens (tertiary/aromatic N) is 1. The molecule has 30 heavy (non-hydrogen) atoms. The molecule has 0 spiro atoms. The smallest absolute Gasteiger partial charge is 0.254 e. The van der Waals surface area contributed by atoms with E-state index in [1.165, 1.54) is 11.1 Å². The standard InChI is InChI=1S/C26H26N2O2/c29-25(27-24-15-14-19-8-2-4-12-22(19)24)20-10-6-16-28(17-20)26(30)23-13-5-9-18-7-1-3-11-21(18)23/h1-5,7-9,11-13,20,24H,6,10,14-17H2,(H,27,29). The third kappa shape index (κ3) is 3.47. The van der Waals surface area contributed by atoms with Gasteiger partial charge in [-0.15, -0.1) is 0 Å². The van der Waals surface area contributed by atoms with E-state index in [4.69, 9.17) is 0 Å². The molecule has 1 heterocycles. The fourth-order valence-electron chi connectivity index (χ4n) is 4.95. The number of aryl methyl sites for hydroxylation is 1. The molecule has 0 radical (unpaired) electrons. The highest BCUT2D eigenvalue weighted by Gasteiger charge is 2.32. The van der Waals surface area contributed by atoms with Crippen molar-refractivity contribution in [1.82, 2.24) is 10.2 Å². The van der Waals surface area contributed by atoms with Crippen LogP contribution in [-0.4, -0.2) is 29.8 Å². The van der Waals surface area contributed by atoms with Gasteiger partial charge >= 0.3 is 0 Å². The summed E-state index contributed by atoms with van der Waals surface area (Å²) in [4.78, 5) is 28.2. The summed E-state index contributed by atoms with van der Waals surface area (Å²) < 4.78 is 0. The first kappa shape index (κ1) is 18.9. The maximum Gasteiger partial charge on any atom is 0.254 e. The maximum absolute atomic E-state index is 13.3. The van der Waals surface area contributed by atoms with Crippen molar-refractivity contribution in [2.24, 2.45) is 5.92 Å². The normalized spacial score (nSPS) is 20.7. The topological polar surface area (TPSA) is 49.4 Å². The minimum absolute atomic E-state index is 0.0236. The van der Waals surface area contributed by atoms with Gasteiger partial charge in [0.25, 0.3) is 5.91 Å². The number of fused-ring (bicyclic) bond motifs is 2. The Hall–Kier alpha value is -3.14. The first-order valence-corrected chi connectivity index (χ1v) is 10.9. The van der Waals surface area contributed by atoms with Gasteiger partial charge in [0.05, 0.1) is 12.0 Å². The van der Waals surface area contributed by atoms with Crippen LogP contribution in [0.2, 0.25) is 0 Å². The highest BCUT2D eigenvalue weighted by atomic mass is 16.2. The van der Waals surface area contributed by atoms with Gasteiger partial charge in [-0.05, 0) is 53.6 Å². The van der Waals surface area contributed by atoms with Crippen molar-refractivity contribution in [3.63, 3.8) is 0 Å². The summed E-state index contributed by atoms with van der Waals surface area (Å²) in [6, 6.07) is 22.3. The lowest BCUT2D eigenvalue weighted by Crippen LogP contribution is -2.46. The second-order valence-corrected chi connectivity index (χ2v) is 8.42. The van der Waals surface area contributed by atoms with Crippen LogP contribution in [0.25, 0.3) is 10.8 Å². The molecule has 2 aliphatic rings.